The van der Waals surface area contributed by atoms with Gasteiger partial charge in [0.05, 0.1) is 10.9 Å². The lowest BCUT2D eigenvalue weighted by atomic mass is 9.97. The van der Waals surface area contributed by atoms with Gasteiger partial charge in [0.1, 0.15) is 5.58 Å². The van der Waals surface area contributed by atoms with Crippen LogP contribution in [0.5, 0.6) is 0 Å². The van der Waals surface area contributed by atoms with Crippen LogP contribution in [-0.2, 0) is 0 Å². The number of hydrogen-bond acceptors (Lipinski definition) is 3. The minimum atomic E-state index is 0.857. The SMILES string of the molecule is c1ccc(-n2c3cccc(-c4ccc(N(c5ccc(-c6cccc7ccccc67)cc5)c5cccc(-c6ccc7c(c6)sc6ccccc67)c5)cc4)c3c3c4ccccc4oc32)cc1. The minimum absolute atomic E-state index is 0.857. The van der Waals surface area contributed by atoms with Crippen LogP contribution in [-0.4, -0.2) is 4.57 Å². The summed E-state index contributed by atoms with van der Waals surface area (Å²) in [6, 6.07) is 83.4. The van der Waals surface area contributed by atoms with E-state index in [1.807, 2.05) is 17.4 Å². The second-order valence-electron chi connectivity index (χ2n) is 16.5. The van der Waals surface area contributed by atoms with Crippen LogP contribution >= 0.6 is 11.3 Å². The Morgan fingerprint density at radius 2 is 0.984 bits per heavy atom. The van der Waals surface area contributed by atoms with E-state index in [1.165, 1.54) is 64.1 Å². The van der Waals surface area contributed by atoms with Crippen molar-refractivity contribution in [3.63, 3.8) is 0 Å². The Labute approximate surface area is 373 Å². The van der Waals surface area contributed by atoms with Crippen LogP contribution in [0, 0.1) is 0 Å². The number of furan rings is 1. The summed E-state index contributed by atoms with van der Waals surface area (Å²) in [4.78, 5) is 2.38. The molecule has 0 aliphatic rings. The Bertz CT molecular complexity index is 3890. The number of para-hydroxylation sites is 2. The molecular formula is C60H38N2OS. The largest absolute Gasteiger partial charge is 0.439 e. The van der Waals surface area contributed by atoms with Crippen molar-refractivity contribution < 1.29 is 4.42 Å². The minimum Gasteiger partial charge on any atom is -0.439 e. The molecular weight excluding hydrogens is 797 g/mol. The van der Waals surface area contributed by atoms with E-state index in [0.717, 1.165) is 55.9 Å². The summed E-state index contributed by atoms with van der Waals surface area (Å²) in [6.45, 7) is 0. The van der Waals surface area contributed by atoms with E-state index in [0.29, 0.717) is 0 Å². The molecule has 0 amide bonds. The number of hydrogen-bond donors (Lipinski definition) is 0. The zero-order valence-corrected chi connectivity index (χ0v) is 35.5. The molecule has 0 bridgehead atoms. The van der Waals surface area contributed by atoms with Crippen molar-refractivity contribution in [2.75, 3.05) is 4.90 Å². The fourth-order valence-electron chi connectivity index (χ4n) is 9.84. The molecule has 0 saturated heterocycles. The zero-order chi connectivity index (χ0) is 42.1. The highest BCUT2D eigenvalue weighted by Crippen LogP contribution is 2.45. The van der Waals surface area contributed by atoms with E-state index in [9.17, 15) is 0 Å². The van der Waals surface area contributed by atoms with Crippen molar-refractivity contribution in [2.45, 2.75) is 0 Å². The smallest absolute Gasteiger partial charge is 0.213 e. The van der Waals surface area contributed by atoms with Gasteiger partial charge in [-0.15, -0.1) is 11.3 Å². The number of benzene rings is 10. The molecule has 64 heavy (non-hydrogen) atoms. The van der Waals surface area contributed by atoms with Crippen molar-refractivity contribution >= 4 is 92.3 Å². The molecule has 3 heterocycles. The number of anilines is 3. The van der Waals surface area contributed by atoms with Gasteiger partial charge in [0.15, 0.2) is 0 Å². The lowest BCUT2D eigenvalue weighted by molar-refractivity contribution is 0.645. The van der Waals surface area contributed by atoms with Crippen molar-refractivity contribution in [1.82, 2.24) is 4.57 Å². The second kappa shape index (κ2) is 14.7. The van der Waals surface area contributed by atoms with Gasteiger partial charge in [0, 0.05) is 53.7 Å². The van der Waals surface area contributed by atoms with Crippen molar-refractivity contribution in [3.8, 4) is 39.1 Å². The van der Waals surface area contributed by atoms with E-state index in [-0.39, 0.29) is 0 Å². The molecule has 0 saturated carbocycles. The highest BCUT2D eigenvalue weighted by atomic mass is 32.1. The Kier molecular flexibility index (Phi) is 8.40. The third-order valence-corrected chi connectivity index (χ3v) is 13.9. The molecule has 0 aliphatic carbocycles. The van der Waals surface area contributed by atoms with Gasteiger partial charge in [-0.05, 0) is 117 Å². The summed E-state index contributed by atoms with van der Waals surface area (Å²) in [5, 5.41) is 8.55. The maximum absolute atomic E-state index is 6.65. The Hall–Kier alpha value is -8.18. The summed E-state index contributed by atoms with van der Waals surface area (Å²) in [6.07, 6.45) is 0. The monoisotopic (exact) mass is 834 g/mol. The quantitative estimate of drug-likeness (QED) is 0.159. The van der Waals surface area contributed by atoms with Crippen LogP contribution in [0.1, 0.15) is 0 Å². The highest BCUT2D eigenvalue weighted by molar-refractivity contribution is 7.25. The number of thiophene rings is 1. The average Bonchev–Trinajstić information content (AvgIpc) is 4.03. The molecule has 3 aromatic heterocycles. The molecule has 300 valence electrons. The molecule has 0 atom stereocenters. The first-order valence-electron chi connectivity index (χ1n) is 21.7. The Morgan fingerprint density at radius 1 is 0.375 bits per heavy atom. The van der Waals surface area contributed by atoms with E-state index >= 15 is 0 Å². The fourth-order valence-corrected chi connectivity index (χ4v) is 11.0. The van der Waals surface area contributed by atoms with Gasteiger partial charge < -0.3 is 9.32 Å². The molecule has 0 aliphatic heterocycles. The maximum atomic E-state index is 6.65. The molecule has 0 unspecified atom stereocenters. The predicted octanol–water partition coefficient (Wildman–Crippen LogP) is 17.5. The number of rotatable bonds is 7. The normalized spacial score (nSPS) is 11.8. The molecule has 4 heteroatoms. The third kappa shape index (κ3) is 5.88. The first-order valence-corrected chi connectivity index (χ1v) is 22.6. The first kappa shape index (κ1) is 36.5. The molecule has 10 aromatic carbocycles. The Balaban J connectivity index is 0.950. The second-order valence-corrected chi connectivity index (χ2v) is 17.5. The van der Waals surface area contributed by atoms with Crippen molar-refractivity contribution in [1.29, 1.82) is 0 Å². The summed E-state index contributed by atoms with van der Waals surface area (Å²) < 4.78 is 11.5. The van der Waals surface area contributed by atoms with E-state index in [4.69, 9.17) is 4.42 Å². The molecule has 0 N–H and O–H groups in total. The van der Waals surface area contributed by atoms with Gasteiger partial charge in [-0.2, -0.15) is 0 Å². The predicted molar refractivity (Wildman–Crippen MR) is 272 cm³/mol. The van der Waals surface area contributed by atoms with Crippen LogP contribution in [0.2, 0.25) is 0 Å². The highest BCUT2D eigenvalue weighted by Gasteiger charge is 2.22. The van der Waals surface area contributed by atoms with Crippen LogP contribution in [0.4, 0.5) is 17.1 Å². The standard InChI is InChI=1S/C60H38N2OS/c1-2-16-44(17-3-1)62-54-24-12-23-50(58(54)59-53-21-6-8-25-55(53)63-60(59)62)41-29-34-46(35-30-41)61(45-32-27-40(28-33-45)49-22-11-14-39-13-4-5-19-48(39)49)47-18-10-15-42(37-47)43-31-36-52-51-20-7-9-26-56(51)64-57(52)38-43/h1-38H. The summed E-state index contributed by atoms with van der Waals surface area (Å²) >= 11 is 1.86. The molecule has 13 aromatic rings. The van der Waals surface area contributed by atoms with E-state index < -0.39 is 0 Å². The van der Waals surface area contributed by atoms with Crippen LogP contribution in [0.3, 0.4) is 0 Å². The maximum Gasteiger partial charge on any atom is 0.213 e. The lowest BCUT2D eigenvalue weighted by Crippen LogP contribution is -2.10. The van der Waals surface area contributed by atoms with Crippen molar-refractivity contribution in [2.24, 2.45) is 0 Å². The van der Waals surface area contributed by atoms with Crippen LogP contribution in [0.15, 0.2) is 235 Å². The van der Waals surface area contributed by atoms with Gasteiger partial charge in [-0.25, -0.2) is 0 Å². The van der Waals surface area contributed by atoms with Gasteiger partial charge in [-0.3, -0.25) is 4.57 Å². The third-order valence-electron chi connectivity index (χ3n) is 12.8. The van der Waals surface area contributed by atoms with Gasteiger partial charge in [0.2, 0.25) is 5.71 Å². The molecule has 0 spiro atoms. The van der Waals surface area contributed by atoms with Crippen LogP contribution < -0.4 is 4.90 Å². The summed E-state index contributed by atoms with van der Waals surface area (Å²) in [5.74, 6) is 0. The van der Waals surface area contributed by atoms with Crippen molar-refractivity contribution in [3.05, 3.63) is 231 Å². The van der Waals surface area contributed by atoms with E-state index in [1.54, 1.807) is 0 Å². The number of fused-ring (bicyclic) bond motifs is 9. The first-order chi connectivity index (χ1) is 31.7. The Morgan fingerprint density at radius 3 is 1.81 bits per heavy atom. The van der Waals surface area contributed by atoms with Gasteiger partial charge in [-0.1, -0.05) is 158 Å². The van der Waals surface area contributed by atoms with Gasteiger partial charge >= 0.3 is 0 Å². The lowest BCUT2D eigenvalue weighted by Gasteiger charge is -2.26. The molecule has 0 radical (unpaired) electrons. The van der Waals surface area contributed by atoms with Crippen LogP contribution in [0.25, 0.3) is 103 Å². The van der Waals surface area contributed by atoms with Gasteiger partial charge in [0.25, 0.3) is 0 Å². The zero-order valence-electron chi connectivity index (χ0n) is 34.7. The van der Waals surface area contributed by atoms with E-state index in [2.05, 4.69) is 234 Å². The molecule has 0 fully saturated rings. The summed E-state index contributed by atoms with van der Waals surface area (Å²) in [7, 11) is 0. The average molecular weight is 835 g/mol. The molecule has 3 nitrogen and oxygen atoms in total. The molecule has 13 rings (SSSR count). The fraction of sp³-hybridized carbons (Fsp3) is 0. The summed E-state index contributed by atoms with van der Waals surface area (Å²) in [5.41, 5.74) is 14.3. The topological polar surface area (TPSA) is 21.3 Å². The number of nitrogens with zero attached hydrogens (tertiary/aromatic N) is 2. The number of aromatic nitrogens is 1.